The van der Waals surface area contributed by atoms with Gasteiger partial charge in [0.05, 0.1) is 24.8 Å². The number of nitrogens with zero attached hydrogens (tertiary/aromatic N) is 4. The highest BCUT2D eigenvalue weighted by molar-refractivity contribution is 5.99. The van der Waals surface area contributed by atoms with E-state index in [4.69, 9.17) is 10.5 Å². The summed E-state index contributed by atoms with van der Waals surface area (Å²) in [4.78, 5) is 36.7. The van der Waals surface area contributed by atoms with E-state index in [0.29, 0.717) is 43.2 Å². The number of ether oxygens (including phenoxy) is 1. The van der Waals surface area contributed by atoms with E-state index in [1.165, 1.54) is 30.9 Å². The average molecular weight is 664 g/mol. The van der Waals surface area contributed by atoms with Crippen molar-refractivity contribution in [1.29, 1.82) is 0 Å². The van der Waals surface area contributed by atoms with Crippen molar-refractivity contribution in [2.75, 3.05) is 50.5 Å². The lowest BCUT2D eigenvalue weighted by atomic mass is 9.58. The molecule has 1 aromatic heterocycles. The highest BCUT2D eigenvalue weighted by Gasteiger charge is 2.50. The minimum atomic E-state index is -4.68. The molecule has 256 valence electrons. The van der Waals surface area contributed by atoms with Crippen LogP contribution in [0.25, 0.3) is 0 Å². The first kappa shape index (κ1) is 32.7. The number of carbonyl (C=O) groups is 2. The number of hydrogen-bond acceptors (Lipinski definition) is 6. The van der Waals surface area contributed by atoms with Crippen LogP contribution in [0, 0.1) is 17.3 Å². The molecule has 4 heterocycles. The number of amides is 2. The molecule has 5 aliphatic rings. The predicted octanol–water partition coefficient (Wildman–Crippen LogP) is 6.41. The molecule has 2 saturated heterocycles. The van der Waals surface area contributed by atoms with Gasteiger partial charge in [-0.15, -0.1) is 0 Å². The summed E-state index contributed by atoms with van der Waals surface area (Å²) in [5, 5.41) is 0. The monoisotopic (exact) mass is 663 g/mol. The molecule has 2 N–H and O–H groups in total. The zero-order valence-corrected chi connectivity index (χ0v) is 27.5. The van der Waals surface area contributed by atoms with Crippen molar-refractivity contribution < 1.29 is 27.5 Å². The minimum absolute atomic E-state index is 0.0735. The van der Waals surface area contributed by atoms with Crippen molar-refractivity contribution in [3.8, 4) is 0 Å². The molecule has 0 radical (unpaired) electrons. The SMILES string of the molecule is C=CC(=O)N1CC(CC2CC3(COC3)C2)CC2=C(N(C)c3ccc(C4CCC4)cc3)CCN(C(=O)c3cnc(C(F)(F)F)cc3N)C2C1. The van der Waals surface area contributed by atoms with Crippen LogP contribution in [0.15, 0.2) is 60.5 Å². The molecule has 4 fully saturated rings. The van der Waals surface area contributed by atoms with Gasteiger partial charge in [0.25, 0.3) is 5.91 Å². The van der Waals surface area contributed by atoms with Crippen LogP contribution in [0.1, 0.15) is 78.9 Å². The first-order valence-corrected chi connectivity index (χ1v) is 17.1. The van der Waals surface area contributed by atoms with Crippen molar-refractivity contribution in [2.24, 2.45) is 17.3 Å². The van der Waals surface area contributed by atoms with Gasteiger partial charge < -0.3 is 25.2 Å². The van der Waals surface area contributed by atoms with Crippen LogP contribution in [0.5, 0.6) is 0 Å². The number of anilines is 2. The van der Waals surface area contributed by atoms with Crippen molar-refractivity contribution in [3.63, 3.8) is 0 Å². The lowest BCUT2D eigenvalue weighted by molar-refractivity contribution is -0.181. The summed E-state index contributed by atoms with van der Waals surface area (Å²) < 4.78 is 45.6. The lowest BCUT2D eigenvalue weighted by Crippen LogP contribution is -2.52. The standard InChI is InChI=1S/C37H44F3N5O3/c1-3-34(46)44-19-23(13-24-16-36(17-24)21-48-22-36)14-28-31(43(2)27-9-7-26(8-10-27)25-5-4-6-25)11-12-45(32(28)20-44)35(47)29-18-42-33(15-30(29)41)37(38,39)40/h3,7-10,15,18,23-25,32H,1,4-6,11-14,16-17,19-22H2,2H3,(H2,41,42). The number of rotatable bonds is 7. The summed E-state index contributed by atoms with van der Waals surface area (Å²) in [5.41, 5.74) is 9.53. The smallest absolute Gasteiger partial charge is 0.398 e. The molecule has 3 aliphatic heterocycles. The zero-order chi connectivity index (χ0) is 33.8. The molecular weight excluding hydrogens is 619 g/mol. The van der Waals surface area contributed by atoms with E-state index in [-0.39, 0.29) is 29.6 Å². The Morgan fingerprint density at radius 1 is 1.15 bits per heavy atom. The number of halogens is 3. The van der Waals surface area contributed by atoms with Gasteiger partial charge in [0, 0.05) is 61.8 Å². The molecule has 0 bridgehead atoms. The van der Waals surface area contributed by atoms with Crippen LogP contribution in [-0.4, -0.2) is 72.5 Å². The second kappa shape index (κ2) is 12.5. The molecule has 11 heteroatoms. The highest BCUT2D eigenvalue weighted by Crippen LogP contribution is 2.53. The molecule has 2 aliphatic carbocycles. The van der Waals surface area contributed by atoms with E-state index < -0.39 is 23.8 Å². The zero-order valence-electron chi connectivity index (χ0n) is 27.5. The first-order chi connectivity index (χ1) is 22.9. The lowest BCUT2D eigenvalue weighted by Gasteiger charge is -2.54. The summed E-state index contributed by atoms with van der Waals surface area (Å²) in [6.07, 6.45) is 5.78. The van der Waals surface area contributed by atoms with Crippen molar-refractivity contribution >= 4 is 23.2 Å². The second-order valence-electron chi connectivity index (χ2n) is 14.7. The van der Waals surface area contributed by atoms with Crippen LogP contribution in [0.2, 0.25) is 0 Å². The van der Waals surface area contributed by atoms with E-state index in [1.54, 1.807) is 9.80 Å². The molecule has 2 atom stereocenters. The maximum atomic E-state index is 14.2. The van der Waals surface area contributed by atoms with E-state index in [0.717, 1.165) is 61.7 Å². The fraction of sp³-hybridized carbons (Fsp3) is 0.541. The number of carbonyl (C=O) groups excluding carboxylic acids is 2. The van der Waals surface area contributed by atoms with E-state index in [1.807, 2.05) is 0 Å². The Bertz CT molecular complexity index is 1610. The van der Waals surface area contributed by atoms with Gasteiger partial charge in [0.1, 0.15) is 5.69 Å². The van der Waals surface area contributed by atoms with Gasteiger partial charge in [-0.1, -0.05) is 25.1 Å². The third kappa shape index (κ3) is 6.10. The summed E-state index contributed by atoms with van der Waals surface area (Å²) in [6, 6.07) is 9.00. The maximum Gasteiger partial charge on any atom is 0.433 e. The van der Waals surface area contributed by atoms with E-state index in [9.17, 15) is 22.8 Å². The Hall–Kier alpha value is -3.86. The number of hydrogen-bond donors (Lipinski definition) is 1. The largest absolute Gasteiger partial charge is 0.433 e. The number of likely N-dealkylation sites (tertiary alicyclic amines) is 1. The van der Waals surface area contributed by atoms with Crippen LogP contribution >= 0.6 is 0 Å². The molecule has 2 unspecified atom stereocenters. The van der Waals surface area contributed by atoms with Gasteiger partial charge in [-0.25, -0.2) is 0 Å². The summed E-state index contributed by atoms with van der Waals surface area (Å²) in [7, 11) is 2.06. The van der Waals surface area contributed by atoms with Gasteiger partial charge in [0.2, 0.25) is 5.91 Å². The van der Waals surface area contributed by atoms with Crippen LogP contribution in [-0.2, 0) is 15.7 Å². The first-order valence-electron chi connectivity index (χ1n) is 17.1. The summed E-state index contributed by atoms with van der Waals surface area (Å²) in [6.45, 7) is 6.54. The molecule has 1 aromatic carbocycles. The molecule has 1 spiro atoms. The predicted molar refractivity (Wildman–Crippen MR) is 177 cm³/mol. The van der Waals surface area contributed by atoms with Crippen molar-refractivity contribution in [3.05, 3.63) is 77.3 Å². The van der Waals surface area contributed by atoms with Gasteiger partial charge >= 0.3 is 6.18 Å². The molecule has 7 rings (SSSR count). The molecule has 48 heavy (non-hydrogen) atoms. The van der Waals surface area contributed by atoms with Gasteiger partial charge in [-0.3, -0.25) is 14.6 Å². The molecule has 2 aromatic rings. The van der Waals surface area contributed by atoms with Gasteiger partial charge in [-0.2, -0.15) is 13.2 Å². The number of nitrogens with two attached hydrogens (primary N) is 1. The second-order valence-corrected chi connectivity index (χ2v) is 14.7. The number of aromatic nitrogens is 1. The van der Waals surface area contributed by atoms with Gasteiger partial charge in [-0.05, 0) is 91.7 Å². The Morgan fingerprint density at radius 2 is 1.88 bits per heavy atom. The Labute approximate surface area is 279 Å². The Balaban J connectivity index is 1.23. The molecule has 8 nitrogen and oxygen atoms in total. The van der Waals surface area contributed by atoms with Crippen LogP contribution in [0.3, 0.4) is 0 Å². The Kier molecular flexibility index (Phi) is 8.54. The highest BCUT2D eigenvalue weighted by atomic mass is 19.4. The topological polar surface area (TPSA) is 92.0 Å². The van der Waals surface area contributed by atoms with Crippen molar-refractivity contribution in [1.82, 2.24) is 14.8 Å². The third-order valence-electron chi connectivity index (χ3n) is 11.5. The third-order valence-corrected chi connectivity index (χ3v) is 11.5. The van der Waals surface area contributed by atoms with Crippen LogP contribution in [0.4, 0.5) is 24.5 Å². The average Bonchev–Trinajstić information content (AvgIpc) is 3.19. The molecule has 2 saturated carbocycles. The normalized spacial score (nSPS) is 24.2. The summed E-state index contributed by atoms with van der Waals surface area (Å²) >= 11 is 0. The number of fused-ring (bicyclic) bond motifs is 1. The van der Waals surface area contributed by atoms with E-state index in [2.05, 4.69) is 47.8 Å². The quantitative estimate of drug-likeness (QED) is 0.345. The van der Waals surface area contributed by atoms with Crippen molar-refractivity contribution in [2.45, 2.75) is 69.5 Å². The summed E-state index contributed by atoms with van der Waals surface area (Å²) in [5.74, 6) is 0.670. The van der Waals surface area contributed by atoms with E-state index >= 15 is 0 Å². The molecular formula is C37H44F3N5O3. The number of alkyl halides is 3. The number of benzene rings is 1. The Morgan fingerprint density at radius 3 is 2.46 bits per heavy atom. The minimum Gasteiger partial charge on any atom is -0.398 e. The number of pyridine rings is 1. The fourth-order valence-corrected chi connectivity index (χ4v) is 8.71. The maximum absolute atomic E-state index is 14.2. The van der Waals surface area contributed by atoms with Gasteiger partial charge in [0.15, 0.2) is 0 Å². The fourth-order valence-electron chi connectivity index (χ4n) is 8.71. The number of nitrogen functional groups attached to an aromatic ring is 1. The molecule has 2 amide bonds. The van der Waals surface area contributed by atoms with Crippen LogP contribution < -0.4 is 10.6 Å².